The maximum atomic E-state index is 12.1. The van der Waals surface area contributed by atoms with Gasteiger partial charge in [0.2, 0.25) is 0 Å². The van der Waals surface area contributed by atoms with E-state index in [1.54, 1.807) is 7.11 Å². The Balaban J connectivity index is 2.55. The maximum Gasteiger partial charge on any atom is 0.316 e. The molecular weight excluding hydrogens is 252 g/mol. The third kappa shape index (κ3) is 1.87. The lowest BCUT2D eigenvalue weighted by Gasteiger charge is -2.40. The summed E-state index contributed by atoms with van der Waals surface area (Å²) in [5.74, 6) is 0.508. The fourth-order valence-corrected chi connectivity index (χ4v) is 2.67. The van der Waals surface area contributed by atoms with Gasteiger partial charge in [-0.05, 0) is 37.5 Å². The van der Waals surface area contributed by atoms with Crippen LogP contribution in [0.3, 0.4) is 0 Å². The first-order valence-corrected chi connectivity index (χ1v) is 6.36. The lowest BCUT2D eigenvalue weighted by atomic mass is 9.64. The summed E-state index contributed by atoms with van der Waals surface area (Å²) >= 11 is 6.17. The van der Waals surface area contributed by atoms with E-state index in [0.717, 1.165) is 30.4 Å². The highest BCUT2D eigenvalue weighted by atomic mass is 35.5. The highest BCUT2D eigenvalue weighted by Gasteiger charge is 2.48. The van der Waals surface area contributed by atoms with Gasteiger partial charge >= 0.3 is 5.97 Å². The topological polar surface area (TPSA) is 35.5 Å². The van der Waals surface area contributed by atoms with Gasteiger partial charge in [0.1, 0.15) is 5.75 Å². The Kier molecular flexibility index (Phi) is 3.53. The second kappa shape index (κ2) is 4.81. The van der Waals surface area contributed by atoms with Crippen molar-refractivity contribution >= 4 is 17.6 Å². The minimum Gasteiger partial charge on any atom is -0.496 e. The normalized spacial score (nSPS) is 16.9. The molecule has 18 heavy (non-hydrogen) atoms. The molecule has 4 heteroatoms. The molecule has 1 aromatic rings. The van der Waals surface area contributed by atoms with Crippen molar-refractivity contribution in [2.75, 3.05) is 14.2 Å². The van der Waals surface area contributed by atoms with Crippen LogP contribution in [0.15, 0.2) is 12.1 Å². The van der Waals surface area contributed by atoms with Gasteiger partial charge in [0, 0.05) is 10.6 Å². The van der Waals surface area contributed by atoms with Crippen molar-refractivity contribution in [1.82, 2.24) is 0 Å². The Morgan fingerprint density at radius 2 is 2.00 bits per heavy atom. The molecule has 0 amide bonds. The van der Waals surface area contributed by atoms with Crippen LogP contribution in [-0.2, 0) is 14.9 Å². The quantitative estimate of drug-likeness (QED) is 0.790. The molecule has 0 heterocycles. The monoisotopic (exact) mass is 268 g/mol. The lowest BCUT2D eigenvalue weighted by Crippen LogP contribution is -2.43. The zero-order chi connectivity index (χ0) is 13.3. The Morgan fingerprint density at radius 3 is 2.44 bits per heavy atom. The number of aryl methyl sites for hydroxylation is 1. The van der Waals surface area contributed by atoms with Crippen molar-refractivity contribution in [3.05, 3.63) is 28.3 Å². The molecule has 0 radical (unpaired) electrons. The van der Waals surface area contributed by atoms with Gasteiger partial charge in [0.25, 0.3) is 0 Å². The smallest absolute Gasteiger partial charge is 0.316 e. The van der Waals surface area contributed by atoms with E-state index in [9.17, 15) is 4.79 Å². The molecule has 98 valence electrons. The zero-order valence-electron chi connectivity index (χ0n) is 10.9. The largest absolute Gasteiger partial charge is 0.496 e. The van der Waals surface area contributed by atoms with Crippen molar-refractivity contribution < 1.29 is 14.3 Å². The average molecular weight is 269 g/mol. The number of carbonyl (C=O) groups is 1. The Bertz CT molecular complexity index is 478. The summed E-state index contributed by atoms with van der Waals surface area (Å²) in [6.45, 7) is 1.92. The van der Waals surface area contributed by atoms with E-state index in [-0.39, 0.29) is 5.97 Å². The predicted octanol–water partition coefficient (Wildman–Crippen LogP) is 3.25. The summed E-state index contributed by atoms with van der Waals surface area (Å²) in [4.78, 5) is 12.1. The first-order chi connectivity index (χ1) is 8.55. The number of rotatable bonds is 3. The highest BCUT2D eigenvalue weighted by molar-refractivity contribution is 6.31. The average Bonchev–Trinajstić information content (AvgIpc) is 2.31. The number of hydrogen-bond donors (Lipinski definition) is 0. The van der Waals surface area contributed by atoms with Gasteiger partial charge in [-0.2, -0.15) is 0 Å². The molecule has 0 atom stereocenters. The van der Waals surface area contributed by atoms with Crippen molar-refractivity contribution in [1.29, 1.82) is 0 Å². The molecule has 0 aliphatic heterocycles. The standard InChI is InChI=1S/C14H17ClO3/c1-9-7-12(17-2)10(8-11(9)15)14(5-4-6-14)13(16)18-3/h7-8H,4-6H2,1-3H3. The molecular formula is C14H17ClO3. The number of hydrogen-bond acceptors (Lipinski definition) is 3. The summed E-state index contributed by atoms with van der Waals surface area (Å²) in [6, 6.07) is 3.71. The van der Waals surface area contributed by atoms with Crippen LogP contribution in [0.5, 0.6) is 5.75 Å². The van der Waals surface area contributed by atoms with Gasteiger partial charge in [0.05, 0.1) is 19.6 Å². The number of benzene rings is 1. The Morgan fingerprint density at radius 1 is 1.33 bits per heavy atom. The Hall–Kier alpha value is -1.22. The Labute approximate surface area is 112 Å². The summed E-state index contributed by atoms with van der Waals surface area (Å²) < 4.78 is 10.3. The summed E-state index contributed by atoms with van der Waals surface area (Å²) in [6.07, 6.45) is 2.59. The second-order valence-electron chi connectivity index (χ2n) is 4.73. The van der Waals surface area contributed by atoms with E-state index in [2.05, 4.69) is 0 Å². The van der Waals surface area contributed by atoms with E-state index in [4.69, 9.17) is 21.1 Å². The SMILES string of the molecule is COC(=O)C1(c2cc(Cl)c(C)cc2OC)CCC1. The number of carbonyl (C=O) groups excluding carboxylic acids is 1. The molecule has 3 nitrogen and oxygen atoms in total. The molecule has 1 aliphatic carbocycles. The van der Waals surface area contributed by atoms with Crippen molar-refractivity contribution in [2.24, 2.45) is 0 Å². The third-order valence-corrected chi connectivity index (χ3v) is 4.19. The van der Waals surface area contributed by atoms with E-state index in [0.29, 0.717) is 10.8 Å². The van der Waals surface area contributed by atoms with E-state index < -0.39 is 5.41 Å². The van der Waals surface area contributed by atoms with Gasteiger partial charge in [-0.3, -0.25) is 4.79 Å². The van der Waals surface area contributed by atoms with Crippen molar-refractivity contribution in [2.45, 2.75) is 31.6 Å². The van der Waals surface area contributed by atoms with Gasteiger partial charge in [0.15, 0.2) is 0 Å². The van der Waals surface area contributed by atoms with Gasteiger partial charge in [-0.1, -0.05) is 18.0 Å². The van der Waals surface area contributed by atoms with Crippen LogP contribution >= 0.6 is 11.6 Å². The van der Waals surface area contributed by atoms with Gasteiger partial charge in [-0.25, -0.2) is 0 Å². The van der Waals surface area contributed by atoms with E-state index in [1.165, 1.54) is 7.11 Å². The molecule has 0 bridgehead atoms. The van der Waals surface area contributed by atoms with Crippen LogP contribution in [-0.4, -0.2) is 20.2 Å². The molecule has 0 saturated heterocycles. The third-order valence-electron chi connectivity index (χ3n) is 3.78. The number of ether oxygens (including phenoxy) is 2. The van der Waals surface area contributed by atoms with E-state index in [1.807, 2.05) is 19.1 Å². The van der Waals surface area contributed by atoms with Crippen LogP contribution in [0, 0.1) is 6.92 Å². The zero-order valence-corrected chi connectivity index (χ0v) is 11.6. The maximum absolute atomic E-state index is 12.1. The molecule has 2 rings (SSSR count). The van der Waals surface area contributed by atoms with Crippen LogP contribution in [0.2, 0.25) is 5.02 Å². The highest BCUT2D eigenvalue weighted by Crippen LogP contribution is 2.49. The number of methoxy groups -OCH3 is 2. The van der Waals surface area contributed by atoms with Crippen molar-refractivity contribution in [3.8, 4) is 5.75 Å². The number of halogens is 1. The fourth-order valence-electron chi connectivity index (χ4n) is 2.51. The van der Waals surface area contributed by atoms with Crippen molar-refractivity contribution in [3.63, 3.8) is 0 Å². The number of esters is 1. The minimum atomic E-state index is -0.572. The minimum absolute atomic E-state index is 0.202. The second-order valence-corrected chi connectivity index (χ2v) is 5.14. The van der Waals surface area contributed by atoms with Crippen LogP contribution in [0.1, 0.15) is 30.4 Å². The lowest BCUT2D eigenvalue weighted by molar-refractivity contribution is -0.151. The summed E-state index contributed by atoms with van der Waals surface area (Å²) in [7, 11) is 3.03. The molecule has 1 aromatic carbocycles. The molecule has 0 N–H and O–H groups in total. The van der Waals surface area contributed by atoms with Crippen LogP contribution < -0.4 is 4.74 Å². The summed E-state index contributed by atoms with van der Waals surface area (Å²) in [5.41, 5.74) is 1.22. The summed E-state index contributed by atoms with van der Waals surface area (Å²) in [5, 5.41) is 0.654. The molecule has 0 spiro atoms. The first-order valence-electron chi connectivity index (χ1n) is 5.98. The first kappa shape index (κ1) is 13.2. The molecule has 0 aromatic heterocycles. The molecule has 1 saturated carbocycles. The molecule has 0 unspecified atom stereocenters. The van der Waals surface area contributed by atoms with Crippen LogP contribution in [0.4, 0.5) is 0 Å². The molecule has 1 fully saturated rings. The van der Waals surface area contributed by atoms with Crippen LogP contribution in [0.25, 0.3) is 0 Å². The van der Waals surface area contributed by atoms with Gasteiger partial charge in [-0.15, -0.1) is 0 Å². The molecule has 1 aliphatic rings. The van der Waals surface area contributed by atoms with E-state index >= 15 is 0 Å². The fraction of sp³-hybridized carbons (Fsp3) is 0.500. The predicted molar refractivity (Wildman–Crippen MR) is 70.3 cm³/mol. The van der Waals surface area contributed by atoms with Gasteiger partial charge < -0.3 is 9.47 Å².